The Bertz CT molecular complexity index is 593. The fourth-order valence-electron chi connectivity index (χ4n) is 2.79. The third kappa shape index (κ3) is 6.86. The summed E-state index contributed by atoms with van der Waals surface area (Å²) in [6.07, 6.45) is -7.75. The Hall–Kier alpha value is -1.16. The molecule has 1 unspecified atom stereocenters. The summed E-state index contributed by atoms with van der Waals surface area (Å²) in [5.41, 5.74) is 0. The van der Waals surface area contributed by atoms with E-state index in [0.29, 0.717) is 36.2 Å². The van der Waals surface area contributed by atoms with Gasteiger partial charge in [-0.05, 0) is 59.9 Å². The number of nitrogens with zero attached hydrogens (tertiary/aromatic N) is 1. The van der Waals surface area contributed by atoms with Gasteiger partial charge >= 0.3 is 12.5 Å². The molecule has 0 aliphatic carbocycles. The Balaban J connectivity index is 1.76. The summed E-state index contributed by atoms with van der Waals surface area (Å²) in [4.78, 5) is 1.76. The Morgan fingerprint density at radius 2 is 1.88 bits per heavy atom. The van der Waals surface area contributed by atoms with E-state index in [4.69, 9.17) is 4.74 Å². The molecule has 1 aromatic carbocycles. The molecule has 1 aromatic rings. The predicted molar refractivity (Wildman–Crippen MR) is 86.2 cm³/mol. The second-order valence-electron chi connectivity index (χ2n) is 6.02. The Labute approximate surface area is 155 Å². The Kier molecular flexibility index (Phi) is 7.06. The summed E-state index contributed by atoms with van der Waals surface area (Å²) in [5, 5.41) is 0. The van der Waals surface area contributed by atoms with E-state index in [1.807, 2.05) is 0 Å². The van der Waals surface area contributed by atoms with Crippen LogP contribution in [0.25, 0.3) is 0 Å². The van der Waals surface area contributed by atoms with Crippen molar-refractivity contribution in [1.82, 2.24) is 4.90 Å². The highest BCUT2D eigenvalue weighted by molar-refractivity contribution is 9.10. The lowest BCUT2D eigenvalue weighted by atomic mass is 9.97. The van der Waals surface area contributed by atoms with Crippen LogP contribution in [-0.4, -0.2) is 43.7 Å². The van der Waals surface area contributed by atoms with Crippen molar-refractivity contribution >= 4 is 15.9 Å². The normalized spacial score (nSPS) is 19.4. The molecule has 26 heavy (non-hydrogen) atoms. The molecule has 0 N–H and O–H groups in total. The summed E-state index contributed by atoms with van der Waals surface area (Å²) in [6.45, 7) is 1.33. The second-order valence-corrected chi connectivity index (χ2v) is 6.88. The number of halogens is 7. The molecule has 1 saturated heterocycles. The van der Waals surface area contributed by atoms with Crippen molar-refractivity contribution in [2.24, 2.45) is 5.92 Å². The SMILES string of the molecule is FC(F)(F)Oc1ccc(OCCCN2CCCC(C(F)(F)F)C2)c(Br)c1. The molecule has 0 aromatic heterocycles. The molecule has 1 atom stereocenters. The average molecular weight is 450 g/mol. The molecular formula is C16H18BrF6NO2. The molecule has 3 nitrogen and oxygen atoms in total. The first-order chi connectivity index (χ1) is 12.0. The molecule has 1 aliphatic rings. The van der Waals surface area contributed by atoms with Crippen LogP contribution in [0.5, 0.6) is 11.5 Å². The molecule has 10 heteroatoms. The zero-order valence-corrected chi connectivity index (χ0v) is 15.3. The van der Waals surface area contributed by atoms with Gasteiger partial charge in [0.25, 0.3) is 0 Å². The van der Waals surface area contributed by atoms with Crippen LogP contribution in [0, 0.1) is 5.92 Å². The first-order valence-corrected chi connectivity index (χ1v) is 8.81. The number of piperidine rings is 1. The van der Waals surface area contributed by atoms with Crippen molar-refractivity contribution < 1.29 is 35.8 Å². The average Bonchev–Trinajstić information content (AvgIpc) is 2.51. The zero-order valence-electron chi connectivity index (χ0n) is 13.7. The number of ether oxygens (including phenoxy) is 2. The van der Waals surface area contributed by atoms with E-state index in [9.17, 15) is 26.3 Å². The van der Waals surface area contributed by atoms with E-state index in [-0.39, 0.29) is 25.3 Å². The van der Waals surface area contributed by atoms with Gasteiger partial charge in [-0.1, -0.05) is 0 Å². The maximum atomic E-state index is 12.8. The van der Waals surface area contributed by atoms with E-state index in [2.05, 4.69) is 20.7 Å². The summed E-state index contributed by atoms with van der Waals surface area (Å²) >= 11 is 3.11. The van der Waals surface area contributed by atoms with Crippen LogP contribution in [0.3, 0.4) is 0 Å². The molecule has 0 bridgehead atoms. The van der Waals surface area contributed by atoms with Crippen molar-refractivity contribution in [3.05, 3.63) is 22.7 Å². The minimum Gasteiger partial charge on any atom is -0.492 e. The third-order valence-electron chi connectivity index (χ3n) is 3.98. The number of alkyl halides is 6. The maximum Gasteiger partial charge on any atom is 0.573 e. The van der Waals surface area contributed by atoms with Crippen LogP contribution in [-0.2, 0) is 0 Å². The van der Waals surface area contributed by atoms with E-state index < -0.39 is 18.5 Å². The highest BCUT2D eigenvalue weighted by atomic mass is 79.9. The van der Waals surface area contributed by atoms with Gasteiger partial charge in [-0.15, -0.1) is 13.2 Å². The van der Waals surface area contributed by atoms with Crippen LogP contribution >= 0.6 is 15.9 Å². The summed E-state index contributed by atoms with van der Waals surface area (Å²) in [6, 6.07) is 3.61. The van der Waals surface area contributed by atoms with Crippen LogP contribution in [0.4, 0.5) is 26.3 Å². The van der Waals surface area contributed by atoms with Gasteiger partial charge in [-0.2, -0.15) is 13.2 Å². The van der Waals surface area contributed by atoms with Gasteiger partial charge in [0.1, 0.15) is 11.5 Å². The quantitative estimate of drug-likeness (QED) is 0.429. The van der Waals surface area contributed by atoms with Crippen molar-refractivity contribution in [2.75, 3.05) is 26.2 Å². The maximum absolute atomic E-state index is 12.8. The first kappa shape index (κ1) is 21.1. The molecule has 1 fully saturated rings. The Morgan fingerprint density at radius 3 is 2.50 bits per heavy atom. The lowest BCUT2D eigenvalue weighted by Crippen LogP contribution is -2.42. The lowest BCUT2D eigenvalue weighted by Gasteiger charge is -2.33. The topological polar surface area (TPSA) is 21.7 Å². The van der Waals surface area contributed by atoms with E-state index >= 15 is 0 Å². The molecular weight excluding hydrogens is 432 g/mol. The van der Waals surface area contributed by atoms with Crippen LogP contribution in [0.2, 0.25) is 0 Å². The molecule has 0 amide bonds. The van der Waals surface area contributed by atoms with Gasteiger partial charge < -0.3 is 14.4 Å². The standard InChI is InChI=1S/C16H18BrF6NO2/c17-13-9-12(26-16(21,22)23)4-5-14(13)25-8-2-7-24-6-1-3-11(10-24)15(18,19)20/h4-5,9,11H,1-3,6-8,10H2. The number of rotatable bonds is 6. The highest BCUT2D eigenvalue weighted by Gasteiger charge is 2.41. The summed E-state index contributed by atoms with van der Waals surface area (Å²) in [7, 11) is 0. The monoisotopic (exact) mass is 449 g/mol. The van der Waals surface area contributed by atoms with Crippen LogP contribution in [0.1, 0.15) is 19.3 Å². The number of benzene rings is 1. The van der Waals surface area contributed by atoms with Gasteiger partial charge in [0.15, 0.2) is 0 Å². The van der Waals surface area contributed by atoms with E-state index in [1.54, 1.807) is 4.90 Å². The minimum absolute atomic E-state index is 0.00330. The summed E-state index contributed by atoms with van der Waals surface area (Å²) in [5.74, 6) is -1.32. The van der Waals surface area contributed by atoms with Crippen molar-refractivity contribution in [1.29, 1.82) is 0 Å². The van der Waals surface area contributed by atoms with Gasteiger partial charge in [0, 0.05) is 13.1 Å². The Morgan fingerprint density at radius 1 is 1.15 bits per heavy atom. The van der Waals surface area contributed by atoms with Crippen LogP contribution < -0.4 is 9.47 Å². The number of likely N-dealkylation sites (tertiary alicyclic amines) is 1. The molecule has 1 aliphatic heterocycles. The molecule has 0 spiro atoms. The smallest absolute Gasteiger partial charge is 0.492 e. The van der Waals surface area contributed by atoms with Crippen molar-refractivity contribution in [3.63, 3.8) is 0 Å². The highest BCUT2D eigenvalue weighted by Crippen LogP contribution is 2.34. The molecule has 2 rings (SSSR count). The first-order valence-electron chi connectivity index (χ1n) is 8.02. The van der Waals surface area contributed by atoms with E-state index in [1.165, 1.54) is 6.07 Å². The van der Waals surface area contributed by atoms with Gasteiger partial charge in [-0.3, -0.25) is 0 Å². The predicted octanol–water partition coefficient (Wildman–Crippen LogP) is 5.39. The van der Waals surface area contributed by atoms with Crippen LogP contribution in [0.15, 0.2) is 22.7 Å². The van der Waals surface area contributed by atoms with Gasteiger partial charge in [0.05, 0.1) is 17.0 Å². The minimum atomic E-state index is -4.77. The number of hydrogen-bond acceptors (Lipinski definition) is 3. The largest absolute Gasteiger partial charge is 0.573 e. The fourth-order valence-corrected chi connectivity index (χ4v) is 3.26. The second kappa shape index (κ2) is 8.69. The molecule has 1 heterocycles. The third-order valence-corrected chi connectivity index (χ3v) is 4.60. The van der Waals surface area contributed by atoms with Gasteiger partial charge in [0.2, 0.25) is 0 Å². The summed E-state index contributed by atoms with van der Waals surface area (Å²) < 4.78 is 84.3. The van der Waals surface area contributed by atoms with Gasteiger partial charge in [-0.25, -0.2) is 0 Å². The number of hydrogen-bond donors (Lipinski definition) is 0. The van der Waals surface area contributed by atoms with E-state index in [0.717, 1.165) is 12.1 Å². The van der Waals surface area contributed by atoms with Crippen molar-refractivity contribution in [3.8, 4) is 11.5 Å². The lowest BCUT2D eigenvalue weighted by molar-refractivity contribution is -0.274. The fraction of sp³-hybridized carbons (Fsp3) is 0.625. The zero-order chi connectivity index (χ0) is 19.4. The van der Waals surface area contributed by atoms with Crippen molar-refractivity contribution in [2.45, 2.75) is 31.8 Å². The molecule has 148 valence electrons. The molecule has 0 radical (unpaired) electrons. The molecule has 0 saturated carbocycles.